The molecule has 0 aliphatic carbocycles. The predicted molar refractivity (Wildman–Crippen MR) is 102 cm³/mol. The molecule has 1 aromatic heterocycles. The first-order valence-corrected chi connectivity index (χ1v) is 9.42. The summed E-state index contributed by atoms with van der Waals surface area (Å²) in [5.41, 5.74) is -0.942. The van der Waals surface area contributed by atoms with Crippen LogP contribution in [0, 0.1) is 6.92 Å². The summed E-state index contributed by atoms with van der Waals surface area (Å²) in [6, 6.07) is 9.99. The summed E-state index contributed by atoms with van der Waals surface area (Å²) in [5.74, 6) is 0.738. The largest absolute Gasteiger partial charge is 0.481 e. The Hall–Kier alpha value is -2.84. The first-order chi connectivity index (χ1) is 13.7. The van der Waals surface area contributed by atoms with Crippen LogP contribution in [0.25, 0.3) is 0 Å². The van der Waals surface area contributed by atoms with Crippen molar-refractivity contribution in [3.05, 3.63) is 47.9 Å². The Labute approximate surface area is 167 Å². The number of anilines is 1. The molecule has 0 spiro atoms. The second-order valence-electron chi connectivity index (χ2n) is 7.00. The predicted octanol–water partition coefficient (Wildman–Crippen LogP) is 3.36. The number of rotatable bonds is 5. The number of carbonyl (C=O) groups excluding carboxylic acids is 1. The Morgan fingerprint density at radius 3 is 2.48 bits per heavy atom. The lowest BCUT2D eigenvalue weighted by Gasteiger charge is -2.33. The maximum absolute atomic E-state index is 13.0. The molecule has 0 unspecified atom stereocenters. The Morgan fingerprint density at radius 1 is 1.21 bits per heavy atom. The van der Waals surface area contributed by atoms with E-state index in [1.54, 1.807) is 24.0 Å². The summed E-state index contributed by atoms with van der Waals surface area (Å²) in [5, 5.41) is 2.95. The summed E-state index contributed by atoms with van der Waals surface area (Å²) in [6.07, 6.45) is -3.94. The molecule has 1 aliphatic rings. The molecule has 1 aliphatic heterocycles. The van der Waals surface area contributed by atoms with E-state index in [4.69, 9.17) is 4.74 Å². The van der Waals surface area contributed by atoms with Gasteiger partial charge in [-0.15, -0.1) is 0 Å². The van der Waals surface area contributed by atoms with Crippen molar-refractivity contribution in [3.63, 3.8) is 0 Å². The van der Waals surface area contributed by atoms with Gasteiger partial charge in [0.1, 0.15) is 23.1 Å². The third-order valence-electron chi connectivity index (χ3n) is 4.71. The van der Waals surface area contributed by atoms with E-state index >= 15 is 0 Å². The van der Waals surface area contributed by atoms with E-state index in [0.29, 0.717) is 31.7 Å². The van der Waals surface area contributed by atoms with E-state index < -0.39 is 18.0 Å². The van der Waals surface area contributed by atoms with E-state index in [-0.39, 0.29) is 23.6 Å². The number of para-hydroxylation sites is 1. The van der Waals surface area contributed by atoms with Gasteiger partial charge in [-0.05, 0) is 38.8 Å². The molecule has 9 heteroatoms. The lowest BCUT2D eigenvalue weighted by molar-refractivity contribution is -0.141. The first kappa shape index (κ1) is 20.9. The topological polar surface area (TPSA) is 67.4 Å². The number of piperidine rings is 1. The van der Waals surface area contributed by atoms with E-state index in [0.717, 1.165) is 6.07 Å². The minimum Gasteiger partial charge on any atom is -0.481 e. The van der Waals surface area contributed by atoms with Gasteiger partial charge in [-0.3, -0.25) is 4.79 Å². The standard InChI is InChI=1S/C20H23F3N4O2/c1-13(29-16-6-4-3-5-7-16)19(28)26-15-8-10-27(11-9-15)18-12-17(20(21,22)23)24-14(2)25-18/h3-7,12-13,15H,8-11H2,1-2H3,(H,26,28)/t13-/m0/s1. The number of aryl methyl sites for hydroxylation is 1. The fourth-order valence-corrected chi connectivity index (χ4v) is 3.19. The van der Waals surface area contributed by atoms with Crippen LogP contribution in [0.3, 0.4) is 0 Å². The fourth-order valence-electron chi connectivity index (χ4n) is 3.19. The van der Waals surface area contributed by atoms with E-state index in [2.05, 4.69) is 15.3 Å². The lowest BCUT2D eigenvalue weighted by atomic mass is 10.0. The van der Waals surface area contributed by atoms with Gasteiger partial charge >= 0.3 is 6.18 Å². The maximum Gasteiger partial charge on any atom is 0.433 e. The Morgan fingerprint density at radius 2 is 1.86 bits per heavy atom. The number of alkyl halides is 3. The van der Waals surface area contributed by atoms with Crippen LogP contribution >= 0.6 is 0 Å². The highest BCUT2D eigenvalue weighted by Gasteiger charge is 2.34. The van der Waals surface area contributed by atoms with Gasteiger partial charge in [0.25, 0.3) is 5.91 Å². The summed E-state index contributed by atoms with van der Waals surface area (Å²) in [7, 11) is 0. The number of carbonyl (C=O) groups is 1. The second kappa shape index (κ2) is 8.67. The number of ether oxygens (including phenoxy) is 1. The molecule has 0 saturated carbocycles. The molecule has 1 aromatic carbocycles. The van der Waals surface area contributed by atoms with Gasteiger partial charge in [-0.2, -0.15) is 13.2 Å². The van der Waals surface area contributed by atoms with Crippen LogP contribution in [-0.4, -0.2) is 41.1 Å². The van der Waals surface area contributed by atoms with Crippen LogP contribution in [0.2, 0.25) is 0 Å². The van der Waals surface area contributed by atoms with Crippen molar-refractivity contribution >= 4 is 11.7 Å². The van der Waals surface area contributed by atoms with Gasteiger partial charge in [-0.25, -0.2) is 9.97 Å². The number of aromatic nitrogens is 2. The van der Waals surface area contributed by atoms with Crippen LogP contribution in [-0.2, 0) is 11.0 Å². The molecule has 2 aromatic rings. The third-order valence-corrected chi connectivity index (χ3v) is 4.71. The quantitative estimate of drug-likeness (QED) is 0.822. The van der Waals surface area contributed by atoms with Gasteiger partial charge in [0.15, 0.2) is 6.10 Å². The van der Waals surface area contributed by atoms with Gasteiger partial charge in [0.2, 0.25) is 0 Å². The lowest BCUT2D eigenvalue weighted by Crippen LogP contribution is -2.48. The van der Waals surface area contributed by atoms with Crippen molar-refractivity contribution in [2.45, 2.75) is 45.0 Å². The minimum absolute atomic E-state index is 0.0643. The number of nitrogens with zero attached hydrogens (tertiary/aromatic N) is 3. The maximum atomic E-state index is 13.0. The number of benzene rings is 1. The molecule has 1 N–H and O–H groups in total. The highest BCUT2D eigenvalue weighted by molar-refractivity contribution is 5.81. The molecular formula is C20H23F3N4O2. The number of halogens is 3. The zero-order chi connectivity index (χ0) is 21.0. The summed E-state index contributed by atoms with van der Waals surface area (Å²) < 4.78 is 44.6. The highest BCUT2D eigenvalue weighted by atomic mass is 19.4. The normalized spacial score (nSPS) is 16.4. The number of hydrogen-bond acceptors (Lipinski definition) is 5. The van der Waals surface area contributed by atoms with Gasteiger partial charge in [-0.1, -0.05) is 18.2 Å². The fraction of sp³-hybridized carbons (Fsp3) is 0.450. The molecule has 1 amide bonds. The van der Waals surface area contributed by atoms with Gasteiger partial charge in [0, 0.05) is 25.2 Å². The third kappa shape index (κ3) is 5.58. The average molecular weight is 408 g/mol. The molecule has 156 valence electrons. The van der Waals surface area contributed by atoms with Crippen LogP contribution < -0.4 is 15.0 Å². The smallest absolute Gasteiger partial charge is 0.433 e. The van der Waals surface area contributed by atoms with Crippen molar-refractivity contribution in [2.75, 3.05) is 18.0 Å². The number of hydrogen-bond donors (Lipinski definition) is 1. The molecule has 3 rings (SSSR count). The number of amides is 1. The van der Waals surface area contributed by atoms with Gasteiger partial charge in [0.05, 0.1) is 0 Å². The van der Waals surface area contributed by atoms with Crippen molar-refractivity contribution < 1.29 is 22.7 Å². The second-order valence-corrected chi connectivity index (χ2v) is 7.00. The summed E-state index contributed by atoms with van der Waals surface area (Å²) in [4.78, 5) is 21.8. The molecule has 1 fully saturated rings. The Balaban J connectivity index is 1.54. The van der Waals surface area contributed by atoms with Crippen molar-refractivity contribution in [3.8, 4) is 5.75 Å². The van der Waals surface area contributed by atoms with Crippen molar-refractivity contribution in [1.29, 1.82) is 0 Å². The molecule has 0 radical (unpaired) electrons. The molecule has 2 heterocycles. The molecule has 1 atom stereocenters. The molecule has 6 nitrogen and oxygen atoms in total. The highest BCUT2D eigenvalue weighted by Crippen LogP contribution is 2.30. The van der Waals surface area contributed by atoms with E-state index in [9.17, 15) is 18.0 Å². The zero-order valence-corrected chi connectivity index (χ0v) is 16.2. The van der Waals surface area contributed by atoms with E-state index in [1.165, 1.54) is 6.92 Å². The summed E-state index contributed by atoms with van der Waals surface area (Å²) >= 11 is 0. The van der Waals surface area contributed by atoms with E-state index in [1.807, 2.05) is 18.2 Å². The molecular weight excluding hydrogens is 385 g/mol. The van der Waals surface area contributed by atoms with Crippen LogP contribution in [0.4, 0.5) is 19.0 Å². The minimum atomic E-state index is -4.51. The Kier molecular flexibility index (Phi) is 6.24. The van der Waals surface area contributed by atoms with Crippen LogP contribution in [0.1, 0.15) is 31.3 Å². The van der Waals surface area contributed by atoms with Crippen LogP contribution in [0.5, 0.6) is 5.75 Å². The number of nitrogens with one attached hydrogen (secondary N) is 1. The molecule has 0 bridgehead atoms. The zero-order valence-electron chi connectivity index (χ0n) is 16.2. The van der Waals surface area contributed by atoms with Gasteiger partial charge < -0.3 is 15.0 Å². The average Bonchev–Trinajstić information content (AvgIpc) is 2.68. The molecule has 29 heavy (non-hydrogen) atoms. The Bertz CT molecular complexity index is 837. The summed E-state index contributed by atoms with van der Waals surface area (Å²) in [6.45, 7) is 4.11. The SMILES string of the molecule is Cc1nc(N2CCC(NC(=O)[C@H](C)Oc3ccccc3)CC2)cc(C(F)(F)F)n1. The van der Waals surface area contributed by atoms with Crippen molar-refractivity contribution in [1.82, 2.24) is 15.3 Å². The monoisotopic (exact) mass is 408 g/mol. The van der Waals surface area contributed by atoms with Crippen molar-refractivity contribution in [2.24, 2.45) is 0 Å². The first-order valence-electron chi connectivity index (χ1n) is 9.42. The van der Waals surface area contributed by atoms with Crippen LogP contribution in [0.15, 0.2) is 36.4 Å². The molecule has 1 saturated heterocycles.